The number of halogens is 1. The zero-order valence-electron chi connectivity index (χ0n) is 15.7. The molecule has 1 spiro atoms. The van der Waals surface area contributed by atoms with Crippen molar-refractivity contribution in [3.05, 3.63) is 29.8 Å². The third kappa shape index (κ3) is 3.42. The molecule has 3 aliphatic rings. The number of aliphatic imine (C=N–C) groups is 1. The van der Waals surface area contributed by atoms with Crippen LogP contribution in [0.3, 0.4) is 0 Å². The van der Waals surface area contributed by atoms with Crippen molar-refractivity contribution in [1.29, 1.82) is 0 Å². The molecule has 1 saturated heterocycles. The number of hydrogen-bond acceptors (Lipinski definition) is 3. The monoisotopic (exact) mass is 471 g/mol. The largest absolute Gasteiger partial charge is 0.497 e. The molecule has 1 aromatic rings. The Balaban J connectivity index is 0.00000196. The lowest BCUT2D eigenvalue weighted by Crippen LogP contribution is -2.69. The molecule has 0 aromatic heterocycles. The normalized spacial score (nSPS) is 28.8. The molecule has 144 valence electrons. The summed E-state index contributed by atoms with van der Waals surface area (Å²) in [6.45, 7) is 1.66. The van der Waals surface area contributed by atoms with Gasteiger partial charge in [0.15, 0.2) is 5.96 Å². The maximum Gasteiger partial charge on any atom is 0.191 e. The van der Waals surface area contributed by atoms with E-state index in [0.29, 0.717) is 23.5 Å². The lowest BCUT2D eigenvalue weighted by molar-refractivity contribution is -0.125. The Bertz CT molecular complexity index is 646. The van der Waals surface area contributed by atoms with Crippen LogP contribution in [0, 0.1) is 11.3 Å². The van der Waals surface area contributed by atoms with Gasteiger partial charge in [0.25, 0.3) is 0 Å². The highest BCUT2D eigenvalue weighted by Crippen LogP contribution is 2.60. The molecule has 5 nitrogen and oxygen atoms in total. The summed E-state index contributed by atoms with van der Waals surface area (Å²) in [4.78, 5) is 4.46. The first kappa shape index (κ1) is 19.7. The van der Waals surface area contributed by atoms with Crippen molar-refractivity contribution >= 4 is 29.9 Å². The van der Waals surface area contributed by atoms with Gasteiger partial charge in [-0.3, -0.25) is 4.99 Å². The van der Waals surface area contributed by atoms with Crippen LogP contribution < -0.4 is 15.4 Å². The lowest BCUT2D eigenvalue weighted by atomic mass is 9.54. The van der Waals surface area contributed by atoms with Crippen LogP contribution in [0.25, 0.3) is 0 Å². The molecule has 2 saturated carbocycles. The number of methoxy groups -OCH3 is 1. The van der Waals surface area contributed by atoms with Crippen LogP contribution in [0.4, 0.5) is 0 Å². The number of benzene rings is 1. The molecule has 2 aliphatic carbocycles. The fourth-order valence-electron chi connectivity index (χ4n) is 5.21. The maximum absolute atomic E-state index is 6.08. The molecule has 1 aromatic carbocycles. The zero-order chi connectivity index (χ0) is 17.3. The van der Waals surface area contributed by atoms with Crippen LogP contribution in [0.1, 0.15) is 37.7 Å². The first-order chi connectivity index (χ1) is 12.3. The summed E-state index contributed by atoms with van der Waals surface area (Å²) < 4.78 is 11.4. The summed E-state index contributed by atoms with van der Waals surface area (Å²) in [5.74, 6) is 2.43. The summed E-state index contributed by atoms with van der Waals surface area (Å²) in [7, 11) is 3.55. The first-order valence-corrected chi connectivity index (χ1v) is 9.48. The van der Waals surface area contributed by atoms with Gasteiger partial charge in [-0.05, 0) is 37.0 Å². The van der Waals surface area contributed by atoms with Gasteiger partial charge in [-0.1, -0.05) is 25.0 Å². The second-order valence-electron chi connectivity index (χ2n) is 7.58. The molecule has 2 N–H and O–H groups in total. The van der Waals surface area contributed by atoms with Gasteiger partial charge >= 0.3 is 0 Å². The van der Waals surface area contributed by atoms with E-state index in [9.17, 15) is 0 Å². The van der Waals surface area contributed by atoms with E-state index in [1.807, 2.05) is 19.2 Å². The van der Waals surface area contributed by atoms with Crippen LogP contribution in [0.15, 0.2) is 29.3 Å². The maximum atomic E-state index is 6.08. The number of ether oxygens (including phenoxy) is 2. The average Bonchev–Trinajstić information content (AvgIpc) is 3.31. The van der Waals surface area contributed by atoms with E-state index in [2.05, 4.69) is 27.8 Å². The molecule has 1 aliphatic heterocycles. The molecule has 0 bridgehead atoms. The van der Waals surface area contributed by atoms with Gasteiger partial charge in [-0.15, -0.1) is 24.0 Å². The number of guanidine groups is 1. The number of rotatable bonds is 4. The summed E-state index contributed by atoms with van der Waals surface area (Å²) in [5.41, 5.74) is 1.53. The summed E-state index contributed by atoms with van der Waals surface area (Å²) in [6, 6.07) is 8.65. The molecule has 0 amide bonds. The van der Waals surface area contributed by atoms with Crippen LogP contribution in [-0.4, -0.2) is 38.9 Å². The van der Waals surface area contributed by atoms with Crippen molar-refractivity contribution in [1.82, 2.24) is 10.6 Å². The van der Waals surface area contributed by atoms with Crippen molar-refractivity contribution in [3.63, 3.8) is 0 Å². The minimum Gasteiger partial charge on any atom is -0.497 e. The Morgan fingerprint density at radius 3 is 2.88 bits per heavy atom. The van der Waals surface area contributed by atoms with E-state index >= 15 is 0 Å². The molecule has 0 radical (unpaired) electrons. The van der Waals surface area contributed by atoms with Crippen molar-refractivity contribution in [2.24, 2.45) is 16.3 Å². The topological polar surface area (TPSA) is 54.9 Å². The minimum absolute atomic E-state index is 0. The van der Waals surface area contributed by atoms with Crippen LogP contribution in [-0.2, 0) is 11.3 Å². The molecule has 3 unspecified atom stereocenters. The Labute approximate surface area is 173 Å². The third-order valence-corrected chi connectivity index (χ3v) is 6.40. The van der Waals surface area contributed by atoms with E-state index in [1.54, 1.807) is 7.11 Å². The van der Waals surface area contributed by atoms with Gasteiger partial charge in [-0.2, -0.15) is 0 Å². The predicted molar refractivity (Wildman–Crippen MR) is 114 cm³/mol. The van der Waals surface area contributed by atoms with Gasteiger partial charge in [0.05, 0.1) is 13.2 Å². The highest BCUT2D eigenvalue weighted by atomic mass is 127. The molecule has 6 heteroatoms. The molecule has 3 atom stereocenters. The van der Waals surface area contributed by atoms with Crippen LogP contribution in [0.5, 0.6) is 5.75 Å². The molecular weight excluding hydrogens is 441 g/mol. The van der Waals surface area contributed by atoms with Gasteiger partial charge in [0, 0.05) is 37.6 Å². The number of hydrogen-bond donors (Lipinski definition) is 2. The second-order valence-corrected chi connectivity index (χ2v) is 7.58. The zero-order valence-corrected chi connectivity index (χ0v) is 18.0. The Morgan fingerprint density at radius 1 is 1.35 bits per heavy atom. The average molecular weight is 471 g/mol. The van der Waals surface area contributed by atoms with Gasteiger partial charge in [0.1, 0.15) is 5.75 Å². The van der Waals surface area contributed by atoms with E-state index in [4.69, 9.17) is 9.47 Å². The highest BCUT2D eigenvalue weighted by molar-refractivity contribution is 14.0. The van der Waals surface area contributed by atoms with E-state index in [-0.39, 0.29) is 24.0 Å². The highest BCUT2D eigenvalue weighted by Gasteiger charge is 2.65. The number of nitrogens with zero attached hydrogens (tertiary/aromatic N) is 1. The lowest BCUT2D eigenvalue weighted by Gasteiger charge is -2.57. The standard InChI is InChI=1S/C20H29N3O2.HI/c1-21-19(22-13-14-6-5-7-15(12-14)24-2)23-17-16-8-11-25-18(16)20(17)9-3-4-10-20;/h5-7,12,16-18H,3-4,8-11,13H2,1-2H3,(H2,21,22,23);1H. The molecular formula is C20H30IN3O2. The van der Waals surface area contributed by atoms with Crippen molar-refractivity contribution in [2.75, 3.05) is 20.8 Å². The summed E-state index contributed by atoms with van der Waals surface area (Å²) in [6.07, 6.45) is 6.90. The SMILES string of the molecule is CN=C(NCc1cccc(OC)c1)NC1C2CCOC2C12CCCC2.I. The van der Waals surface area contributed by atoms with Crippen LogP contribution >= 0.6 is 24.0 Å². The fourth-order valence-corrected chi connectivity index (χ4v) is 5.21. The molecule has 3 fully saturated rings. The molecule has 1 heterocycles. The van der Waals surface area contributed by atoms with Crippen molar-refractivity contribution in [3.8, 4) is 5.75 Å². The smallest absolute Gasteiger partial charge is 0.191 e. The number of nitrogens with one attached hydrogen (secondary N) is 2. The summed E-state index contributed by atoms with van der Waals surface area (Å²) in [5, 5.41) is 7.20. The van der Waals surface area contributed by atoms with Gasteiger partial charge < -0.3 is 20.1 Å². The molecule has 4 rings (SSSR count). The van der Waals surface area contributed by atoms with E-state index in [1.165, 1.54) is 37.7 Å². The first-order valence-electron chi connectivity index (χ1n) is 9.48. The molecule has 26 heavy (non-hydrogen) atoms. The van der Waals surface area contributed by atoms with Crippen molar-refractivity contribution < 1.29 is 9.47 Å². The minimum atomic E-state index is 0. The Morgan fingerprint density at radius 2 is 2.15 bits per heavy atom. The number of fused-ring (bicyclic) bond motifs is 2. The second kappa shape index (κ2) is 8.33. The van der Waals surface area contributed by atoms with E-state index in [0.717, 1.165) is 24.9 Å². The van der Waals surface area contributed by atoms with Crippen LogP contribution in [0.2, 0.25) is 0 Å². The third-order valence-electron chi connectivity index (χ3n) is 6.40. The Hall–Kier alpha value is -1.02. The quantitative estimate of drug-likeness (QED) is 0.402. The van der Waals surface area contributed by atoms with Gasteiger partial charge in [0.2, 0.25) is 0 Å². The predicted octanol–water partition coefficient (Wildman–Crippen LogP) is 3.33. The fraction of sp³-hybridized carbons (Fsp3) is 0.650. The summed E-state index contributed by atoms with van der Waals surface area (Å²) >= 11 is 0. The van der Waals surface area contributed by atoms with Crippen molar-refractivity contribution in [2.45, 2.75) is 50.8 Å². The van der Waals surface area contributed by atoms with Gasteiger partial charge in [-0.25, -0.2) is 0 Å². The van der Waals surface area contributed by atoms with E-state index < -0.39 is 0 Å². The Kier molecular flexibility index (Phi) is 6.33.